The van der Waals surface area contributed by atoms with Crippen LogP contribution in [0.2, 0.25) is 0 Å². The number of hydrogen-bond acceptors (Lipinski definition) is 2. The fraction of sp³-hybridized carbons (Fsp3) is 1.00. The Bertz CT molecular complexity index is 365. The van der Waals surface area contributed by atoms with Crippen molar-refractivity contribution in [2.45, 2.75) is 76.8 Å². The van der Waals surface area contributed by atoms with Gasteiger partial charge in [0.1, 0.15) is 0 Å². The molecule has 2 atom stereocenters. The molecular formula is C17H30N2. The van der Waals surface area contributed by atoms with E-state index in [2.05, 4.69) is 18.7 Å². The molecule has 0 amide bonds. The first-order valence-corrected chi connectivity index (χ1v) is 8.41. The SMILES string of the molecule is CC12CC3CC(C)(C1)CC(N1CCC(N)CC1)(C3)C2. The van der Waals surface area contributed by atoms with Crippen molar-refractivity contribution in [3.8, 4) is 0 Å². The summed E-state index contributed by atoms with van der Waals surface area (Å²) in [5.74, 6) is 1.02. The molecule has 2 N–H and O–H groups in total. The molecule has 0 radical (unpaired) electrons. The molecule has 1 heterocycles. The van der Waals surface area contributed by atoms with Gasteiger partial charge in [0.05, 0.1) is 0 Å². The molecule has 4 saturated carbocycles. The fourth-order valence-corrected chi connectivity index (χ4v) is 7.11. The quantitative estimate of drug-likeness (QED) is 0.786. The normalized spacial score (nSPS) is 54.8. The molecule has 4 aliphatic carbocycles. The summed E-state index contributed by atoms with van der Waals surface area (Å²) >= 11 is 0. The van der Waals surface area contributed by atoms with Crippen molar-refractivity contribution in [2.75, 3.05) is 13.1 Å². The Morgan fingerprint density at radius 3 is 2.00 bits per heavy atom. The zero-order chi connectivity index (χ0) is 13.3. The molecule has 0 aromatic heterocycles. The predicted molar refractivity (Wildman–Crippen MR) is 78.9 cm³/mol. The van der Waals surface area contributed by atoms with Crippen LogP contribution in [0.5, 0.6) is 0 Å². The van der Waals surface area contributed by atoms with E-state index in [1.54, 1.807) is 0 Å². The molecule has 5 fully saturated rings. The number of nitrogens with zero attached hydrogens (tertiary/aromatic N) is 1. The summed E-state index contributed by atoms with van der Waals surface area (Å²) in [7, 11) is 0. The number of rotatable bonds is 1. The first-order valence-electron chi connectivity index (χ1n) is 8.41. The monoisotopic (exact) mass is 262 g/mol. The second kappa shape index (κ2) is 3.76. The average Bonchev–Trinajstić information content (AvgIpc) is 2.24. The molecule has 1 saturated heterocycles. The van der Waals surface area contributed by atoms with Crippen molar-refractivity contribution in [1.29, 1.82) is 0 Å². The minimum absolute atomic E-state index is 0.469. The molecule has 1 aliphatic heterocycles. The lowest BCUT2D eigenvalue weighted by Crippen LogP contribution is -2.66. The van der Waals surface area contributed by atoms with Gasteiger partial charge in [0.2, 0.25) is 0 Å². The van der Waals surface area contributed by atoms with Crippen molar-refractivity contribution in [3.05, 3.63) is 0 Å². The van der Waals surface area contributed by atoms with Gasteiger partial charge < -0.3 is 5.73 Å². The third kappa shape index (κ3) is 1.90. The van der Waals surface area contributed by atoms with Gasteiger partial charge in [0.15, 0.2) is 0 Å². The van der Waals surface area contributed by atoms with Gasteiger partial charge in [-0.1, -0.05) is 13.8 Å². The maximum atomic E-state index is 6.11. The van der Waals surface area contributed by atoms with Crippen LogP contribution < -0.4 is 5.73 Å². The Morgan fingerprint density at radius 1 is 0.895 bits per heavy atom. The maximum Gasteiger partial charge on any atom is 0.0222 e. The molecule has 2 heteroatoms. The Kier molecular flexibility index (Phi) is 2.50. The van der Waals surface area contributed by atoms with Gasteiger partial charge in [0.25, 0.3) is 0 Å². The van der Waals surface area contributed by atoms with Crippen LogP contribution >= 0.6 is 0 Å². The van der Waals surface area contributed by atoms with Gasteiger partial charge in [0, 0.05) is 24.7 Å². The molecule has 2 unspecified atom stereocenters. The molecule has 0 aromatic carbocycles. The Labute approximate surface area is 118 Å². The number of hydrogen-bond donors (Lipinski definition) is 1. The molecule has 19 heavy (non-hydrogen) atoms. The van der Waals surface area contributed by atoms with Crippen molar-refractivity contribution >= 4 is 0 Å². The van der Waals surface area contributed by atoms with Crippen molar-refractivity contribution in [2.24, 2.45) is 22.5 Å². The highest BCUT2D eigenvalue weighted by Gasteiger charge is 2.61. The van der Waals surface area contributed by atoms with Crippen molar-refractivity contribution < 1.29 is 0 Å². The van der Waals surface area contributed by atoms with Gasteiger partial charge in [-0.3, -0.25) is 4.90 Å². The van der Waals surface area contributed by atoms with E-state index in [0.29, 0.717) is 22.4 Å². The van der Waals surface area contributed by atoms with Crippen molar-refractivity contribution in [1.82, 2.24) is 4.90 Å². The van der Waals surface area contributed by atoms with Gasteiger partial charge in [-0.05, 0) is 68.1 Å². The summed E-state index contributed by atoms with van der Waals surface area (Å²) in [6.45, 7) is 7.69. The Hall–Kier alpha value is -0.0800. The summed E-state index contributed by atoms with van der Waals surface area (Å²) < 4.78 is 0. The number of nitrogens with two attached hydrogens (primary N) is 1. The molecular weight excluding hydrogens is 232 g/mol. The second-order valence-electron chi connectivity index (χ2n) is 9.18. The third-order valence-electron chi connectivity index (χ3n) is 6.81. The minimum atomic E-state index is 0.469. The summed E-state index contributed by atoms with van der Waals surface area (Å²) in [6.07, 6.45) is 11.4. The molecule has 5 rings (SSSR count). The van der Waals surface area contributed by atoms with Gasteiger partial charge in [-0.15, -0.1) is 0 Å². The Balaban J connectivity index is 1.64. The summed E-state index contributed by atoms with van der Waals surface area (Å²) in [5.41, 5.74) is 7.97. The Morgan fingerprint density at radius 2 is 1.47 bits per heavy atom. The van der Waals surface area contributed by atoms with Crippen LogP contribution in [0, 0.1) is 16.7 Å². The minimum Gasteiger partial charge on any atom is -0.328 e. The lowest BCUT2D eigenvalue weighted by molar-refractivity contribution is -0.165. The number of piperidine rings is 1. The van der Waals surface area contributed by atoms with Crippen LogP contribution in [-0.2, 0) is 0 Å². The lowest BCUT2D eigenvalue weighted by atomic mass is 9.42. The second-order valence-corrected chi connectivity index (χ2v) is 9.18. The molecule has 2 nitrogen and oxygen atoms in total. The van der Waals surface area contributed by atoms with Crippen LogP contribution in [-0.4, -0.2) is 29.6 Å². The van der Waals surface area contributed by atoms with Crippen LogP contribution in [0.4, 0.5) is 0 Å². The average molecular weight is 262 g/mol. The van der Waals surface area contributed by atoms with Gasteiger partial charge in [-0.2, -0.15) is 0 Å². The molecule has 5 aliphatic rings. The van der Waals surface area contributed by atoms with E-state index in [1.165, 1.54) is 64.5 Å². The zero-order valence-electron chi connectivity index (χ0n) is 12.8. The lowest BCUT2D eigenvalue weighted by Gasteiger charge is -2.68. The molecule has 108 valence electrons. The first kappa shape index (κ1) is 12.6. The van der Waals surface area contributed by atoms with E-state index in [4.69, 9.17) is 5.73 Å². The van der Waals surface area contributed by atoms with Gasteiger partial charge >= 0.3 is 0 Å². The zero-order valence-corrected chi connectivity index (χ0v) is 12.8. The van der Waals surface area contributed by atoms with E-state index in [9.17, 15) is 0 Å². The van der Waals surface area contributed by atoms with E-state index < -0.39 is 0 Å². The van der Waals surface area contributed by atoms with Crippen LogP contribution in [0.3, 0.4) is 0 Å². The molecule has 0 spiro atoms. The highest BCUT2D eigenvalue weighted by Crippen LogP contribution is 2.67. The van der Waals surface area contributed by atoms with Crippen molar-refractivity contribution in [3.63, 3.8) is 0 Å². The van der Waals surface area contributed by atoms with Gasteiger partial charge in [-0.25, -0.2) is 0 Å². The smallest absolute Gasteiger partial charge is 0.0222 e. The topological polar surface area (TPSA) is 29.3 Å². The fourth-order valence-electron chi connectivity index (χ4n) is 7.11. The van der Waals surface area contributed by atoms with E-state index in [-0.39, 0.29) is 0 Å². The standard InChI is InChI=1S/C17H30N2/c1-15-7-13-8-16(2,10-15)12-17(9-13,11-15)19-5-3-14(18)4-6-19/h13-14H,3-12,18H2,1-2H3. The van der Waals surface area contributed by atoms with Crippen LogP contribution in [0.25, 0.3) is 0 Å². The summed E-state index contributed by atoms with van der Waals surface area (Å²) in [6, 6.07) is 0.469. The number of likely N-dealkylation sites (tertiary alicyclic amines) is 1. The molecule has 0 aromatic rings. The first-order chi connectivity index (χ1) is 8.91. The van der Waals surface area contributed by atoms with Crippen LogP contribution in [0.15, 0.2) is 0 Å². The highest BCUT2D eigenvalue weighted by atomic mass is 15.2. The summed E-state index contributed by atoms with van der Waals surface area (Å²) in [4.78, 5) is 2.87. The largest absolute Gasteiger partial charge is 0.328 e. The summed E-state index contributed by atoms with van der Waals surface area (Å²) in [5, 5.41) is 0. The molecule has 4 bridgehead atoms. The van der Waals surface area contributed by atoms with E-state index in [1.807, 2.05) is 0 Å². The van der Waals surface area contributed by atoms with E-state index >= 15 is 0 Å². The maximum absolute atomic E-state index is 6.11. The third-order valence-corrected chi connectivity index (χ3v) is 6.81. The predicted octanol–water partition coefficient (Wildman–Crippen LogP) is 3.16. The van der Waals surface area contributed by atoms with E-state index in [0.717, 1.165) is 5.92 Å². The highest BCUT2D eigenvalue weighted by molar-refractivity contribution is 5.15. The van der Waals surface area contributed by atoms with Crippen LogP contribution in [0.1, 0.15) is 65.2 Å².